The van der Waals surface area contributed by atoms with Crippen molar-refractivity contribution in [2.75, 3.05) is 5.32 Å². The van der Waals surface area contributed by atoms with Gasteiger partial charge in [0.2, 0.25) is 5.91 Å². The van der Waals surface area contributed by atoms with Gasteiger partial charge in [0.15, 0.2) is 0 Å². The van der Waals surface area contributed by atoms with Crippen LogP contribution in [0.5, 0.6) is 0 Å². The number of nitrogens with one attached hydrogen (secondary N) is 1. The summed E-state index contributed by atoms with van der Waals surface area (Å²) in [6.45, 7) is 4.20. The van der Waals surface area contributed by atoms with Gasteiger partial charge in [0.05, 0.1) is 10.5 Å². The fourth-order valence-electron chi connectivity index (χ4n) is 2.40. The number of anilines is 1. The van der Waals surface area contributed by atoms with E-state index in [-0.39, 0.29) is 11.6 Å². The van der Waals surface area contributed by atoms with E-state index in [0.29, 0.717) is 11.5 Å². The van der Waals surface area contributed by atoms with Crippen LogP contribution < -0.4 is 5.32 Å². The van der Waals surface area contributed by atoms with Crippen LogP contribution >= 0.6 is 0 Å². The van der Waals surface area contributed by atoms with E-state index in [0.717, 1.165) is 17.7 Å². The third-order valence-corrected chi connectivity index (χ3v) is 3.91. The van der Waals surface area contributed by atoms with Crippen LogP contribution in [0.2, 0.25) is 0 Å². The number of hydrogen-bond acceptors (Lipinski definition) is 3. The Morgan fingerprint density at radius 2 is 1.88 bits per heavy atom. The number of nitro benzene ring substituents is 1. The van der Waals surface area contributed by atoms with Crippen molar-refractivity contribution in [1.29, 1.82) is 0 Å². The van der Waals surface area contributed by atoms with Crippen LogP contribution in [-0.4, -0.2) is 10.8 Å². The molecule has 0 aliphatic rings. The van der Waals surface area contributed by atoms with Gasteiger partial charge in [-0.2, -0.15) is 0 Å². The summed E-state index contributed by atoms with van der Waals surface area (Å²) in [6, 6.07) is 14.0. The summed E-state index contributed by atoms with van der Waals surface area (Å²) in [6.07, 6.45) is 3.74. The zero-order valence-electron chi connectivity index (χ0n) is 13.7. The fraction of sp³-hybridized carbons (Fsp3) is 0.211. The largest absolute Gasteiger partial charge is 0.322 e. The van der Waals surface area contributed by atoms with Gasteiger partial charge in [-0.05, 0) is 36.1 Å². The van der Waals surface area contributed by atoms with Crippen molar-refractivity contribution in [3.63, 3.8) is 0 Å². The Morgan fingerprint density at radius 3 is 2.58 bits per heavy atom. The number of rotatable bonds is 6. The second-order valence-corrected chi connectivity index (χ2v) is 5.54. The van der Waals surface area contributed by atoms with Crippen LogP contribution in [-0.2, 0) is 4.79 Å². The first kappa shape index (κ1) is 17.4. The van der Waals surface area contributed by atoms with Gasteiger partial charge in [-0.15, -0.1) is 0 Å². The number of nitro groups is 1. The fourth-order valence-corrected chi connectivity index (χ4v) is 2.40. The van der Waals surface area contributed by atoms with E-state index < -0.39 is 4.92 Å². The SMILES string of the molecule is CCC(C)c1ccccc1NC(=O)/C=C/c1ccccc1[N+](=O)[O-]. The van der Waals surface area contributed by atoms with Gasteiger partial charge in [0, 0.05) is 17.8 Å². The van der Waals surface area contributed by atoms with Crippen LogP contribution in [0.4, 0.5) is 11.4 Å². The number of nitrogens with zero attached hydrogens (tertiary/aromatic N) is 1. The van der Waals surface area contributed by atoms with Crippen molar-refractivity contribution in [1.82, 2.24) is 0 Å². The monoisotopic (exact) mass is 324 g/mol. The first-order chi connectivity index (χ1) is 11.5. The molecule has 5 heteroatoms. The smallest absolute Gasteiger partial charge is 0.276 e. The molecule has 2 rings (SSSR count). The average Bonchev–Trinajstić information content (AvgIpc) is 2.60. The summed E-state index contributed by atoms with van der Waals surface area (Å²) in [5.41, 5.74) is 2.21. The third-order valence-electron chi connectivity index (χ3n) is 3.91. The number of para-hydroxylation sites is 2. The number of carbonyl (C=O) groups is 1. The summed E-state index contributed by atoms with van der Waals surface area (Å²) in [7, 11) is 0. The lowest BCUT2D eigenvalue weighted by Gasteiger charge is -2.14. The lowest BCUT2D eigenvalue weighted by Crippen LogP contribution is -2.10. The highest BCUT2D eigenvalue weighted by atomic mass is 16.6. The molecule has 0 saturated heterocycles. The van der Waals surface area contributed by atoms with Gasteiger partial charge in [0.25, 0.3) is 5.69 Å². The van der Waals surface area contributed by atoms with E-state index in [1.54, 1.807) is 18.2 Å². The molecule has 0 aromatic heterocycles. The van der Waals surface area contributed by atoms with Gasteiger partial charge in [-0.1, -0.05) is 44.2 Å². The van der Waals surface area contributed by atoms with E-state index in [4.69, 9.17) is 0 Å². The summed E-state index contributed by atoms with van der Waals surface area (Å²) in [5, 5.41) is 13.8. The highest BCUT2D eigenvalue weighted by Gasteiger charge is 2.11. The van der Waals surface area contributed by atoms with Crippen molar-refractivity contribution in [3.05, 3.63) is 75.8 Å². The molecule has 0 heterocycles. The van der Waals surface area contributed by atoms with Gasteiger partial charge in [-0.25, -0.2) is 0 Å². The van der Waals surface area contributed by atoms with Crippen molar-refractivity contribution < 1.29 is 9.72 Å². The minimum absolute atomic E-state index is 0.0263. The van der Waals surface area contributed by atoms with Crippen LogP contribution in [0.3, 0.4) is 0 Å². The second kappa shape index (κ2) is 8.06. The molecular formula is C19H20N2O3. The molecule has 1 amide bonds. The van der Waals surface area contributed by atoms with Crippen molar-refractivity contribution >= 4 is 23.4 Å². The molecule has 2 aromatic rings. The maximum absolute atomic E-state index is 12.2. The minimum Gasteiger partial charge on any atom is -0.322 e. The standard InChI is InChI=1S/C19H20N2O3/c1-3-14(2)16-9-5-6-10-17(16)20-19(22)13-12-15-8-4-7-11-18(15)21(23)24/h4-14H,3H2,1-2H3,(H,20,22)/b13-12+. The van der Waals surface area contributed by atoms with Crippen molar-refractivity contribution in [3.8, 4) is 0 Å². The number of benzene rings is 2. The van der Waals surface area contributed by atoms with Gasteiger partial charge < -0.3 is 5.32 Å². The zero-order chi connectivity index (χ0) is 17.5. The van der Waals surface area contributed by atoms with Crippen LogP contribution in [0.25, 0.3) is 6.08 Å². The van der Waals surface area contributed by atoms with Crippen LogP contribution in [0.15, 0.2) is 54.6 Å². The van der Waals surface area contributed by atoms with Crippen LogP contribution in [0, 0.1) is 10.1 Å². The predicted molar refractivity (Wildman–Crippen MR) is 95.9 cm³/mol. The van der Waals surface area contributed by atoms with Crippen LogP contribution in [0.1, 0.15) is 37.3 Å². The first-order valence-corrected chi connectivity index (χ1v) is 7.84. The third kappa shape index (κ3) is 4.29. The Balaban J connectivity index is 2.16. The van der Waals surface area contributed by atoms with Crippen molar-refractivity contribution in [2.24, 2.45) is 0 Å². The molecule has 2 aromatic carbocycles. The lowest BCUT2D eigenvalue weighted by molar-refractivity contribution is -0.385. The molecule has 1 N–H and O–H groups in total. The summed E-state index contributed by atoms with van der Waals surface area (Å²) < 4.78 is 0. The molecule has 1 atom stereocenters. The molecule has 0 saturated carbocycles. The average molecular weight is 324 g/mol. The molecule has 5 nitrogen and oxygen atoms in total. The highest BCUT2D eigenvalue weighted by Crippen LogP contribution is 2.26. The van der Waals surface area contributed by atoms with Gasteiger partial charge in [0.1, 0.15) is 0 Å². The maximum atomic E-state index is 12.2. The van der Waals surface area contributed by atoms with E-state index >= 15 is 0 Å². The van der Waals surface area contributed by atoms with E-state index in [2.05, 4.69) is 19.2 Å². The van der Waals surface area contributed by atoms with Gasteiger partial charge >= 0.3 is 0 Å². The quantitative estimate of drug-likeness (QED) is 0.473. The van der Waals surface area contributed by atoms with Gasteiger partial charge in [-0.3, -0.25) is 14.9 Å². The molecule has 0 fully saturated rings. The Morgan fingerprint density at radius 1 is 1.21 bits per heavy atom. The molecule has 0 aliphatic carbocycles. The van der Waals surface area contributed by atoms with Crippen molar-refractivity contribution in [2.45, 2.75) is 26.2 Å². The summed E-state index contributed by atoms with van der Waals surface area (Å²) in [4.78, 5) is 22.7. The van der Waals surface area contributed by atoms with E-state index in [1.165, 1.54) is 18.2 Å². The normalized spacial score (nSPS) is 12.1. The minimum atomic E-state index is -0.462. The molecule has 1 unspecified atom stereocenters. The Bertz CT molecular complexity index is 769. The van der Waals surface area contributed by atoms with E-state index in [1.807, 2.05) is 24.3 Å². The number of carbonyl (C=O) groups excluding carboxylic acids is 1. The molecule has 0 bridgehead atoms. The maximum Gasteiger partial charge on any atom is 0.276 e. The molecule has 124 valence electrons. The predicted octanol–water partition coefficient (Wildman–Crippen LogP) is 4.76. The Kier molecular flexibility index (Phi) is 5.84. The Labute approximate surface area is 141 Å². The zero-order valence-corrected chi connectivity index (χ0v) is 13.7. The number of amides is 1. The molecule has 24 heavy (non-hydrogen) atoms. The molecule has 0 aliphatic heterocycles. The van der Waals surface area contributed by atoms with E-state index in [9.17, 15) is 14.9 Å². The lowest BCUT2D eigenvalue weighted by atomic mass is 9.97. The second-order valence-electron chi connectivity index (χ2n) is 5.54. The highest BCUT2D eigenvalue weighted by molar-refractivity contribution is 6.02. The molecular weight excluding hydrogens is 304 g/mol. The topological polar surface area (TPSA) is 72.2 Å². The summed E-state index contributed by atoms with van der Waals surface area (Å²) >= 11 is 0. The summed E-state index contributed by atoms with van der Waals surface area (Å²) in [5.74, 6) is 0.0181. The Hall–Kier alpha value is -2.95. The molecule has 0 radical (unpaired) electrons. The number of hydrogen-bond donors (Lipinski definition) is 1. The first-order valence-electron chi connectivity index (χ1n) is 7.84. The molecule has 0 spiro atoms.